The molecule has 0 saturated carbocycles. The lowest BCUT2D eigenvalue weighted by Gasteiger charge is -2.11. The van der Waals surface area contributed by atoms with E-state index in [1.807, 2.05) is 30.3 Å². The first kappa shape index (κ1) is 15.5. The van der Waals surface area contributed by atoms with Crippen LogP contribution in [0.15, 0.2) is 65.1 Å². The summed E-state index contributed by atoms with van der Waals surface area (Å²) in [4.78, 5) is 11.9. The minimum absolute atomic E-state index is 0.138. The number of hydrogen-bond acceptors (Lipinski definition) is 2. The molecule has 0 aromatic heterocycles. The van der Waals surface area contributed by atoms with Gasteiger partial charge in [0, 0.05) is 0 Å². The van der Waals surface area contributed by atoms with Crippen molar-refractivity contribution < 1.29 is 13.9 Å². The van der Waals surface area contributed by atoms with Gasteiger partial charge >= 0.3 is 0 Å². The molecule has 0 saturated heterocycles. The van der Waals surface area contributed by atoms with Gasteiger partial charge in [-0.1, -0.05) is 42.5 Å². The predicted octanol–water partition coefficient (Wildman–Crippen LogP) is 4.76. The molecule has 0 atom stereocenters. The first-order chi connectivity index (χ1) is 11.1. The number of halogens is 2. The zero-order valence-electron chi connectivity index (χ0n) is 12.1. The highest BCUT2D eigenvalue weighted by Gasteiger charge is 2.10. The topological polar surface area (TPSA) is 38.3 Å². The third-order valence-electron chi connectivity index (χ3n) is 3.33. The fraction of sp³-hybridized carbons (Fsp3) is 0.0556. The van der Waals surface area contributed by atoms with Gasteiger partial charge in [-0.15, -0.1) is 0 Å². The van der Waals surface area contributed by atoms with Gasteiger partial charge < -0.3 is 10.1 Å². The zero-order valence-corrected chi connectivity index (χ0v) is 13.6. The second kappa shape index (κ2) is 6.79. The monoisotopic (exact) mass is 373 g/mol. The SMILES string of the molecule is O=C(COc1ccc2ccccc2c1Br)Nc1ccccc1F. The van der Waals surface area contributed by atoms with Crippen LogP contribution in [0, 0.1) is 5.82 Å². The molecule has 0 aliphatic heterocycles. The van der Waals surface area contributed by atoms with E-state index in [1.54, 1.807) is 18.2 Å². The number of amides is 1. The molecule has 0 spiro atoms. The van der Waals surface area contributed by atoms with Crippen LogP contribution in [-0.2, 0) is 4.79 Å². The summed E-state index contributed by atoms with van der Waals surface area (Å²) in [6.07, 6.45) is 0. The van der Waals surface area contributed by atoms with E-state index in [0.717, 1.165) is 15.2 Å². The highest BCUT2D eigenvalue weighted by Crippen LogP contribution is 2.33. The Morgan fingerprint density at radius 2 is 1.78 bits per heavy atom. The van der Waals surface area contributed by atoms with Gasteiger partial charge in [0.15, 0.2) is 6.61 Å². The Labute approximate surface area is 141 Å². The van der Waals surface area contributed by atoms with Crippen molar-refractivity contribution in [2.24, 2.45) is 0 Å². The third-order valence-corrected chi connectivity index (χ3v) is 4.15. The number of benzene rings is 3. The summed E-state index contributed by atoms with van der Waals surface area (Å²) in [5.74, 6) is -0.338. The van der Waals surface area contributed by atoms with Gasteiger partial charge in [0.1, 0.15) is 11.6 Å². The van der Waals surface area contributed by atoms with Gasteiger partial charge in [0.25, 0.3) is 5.91 Å². The summed E-state index contributed by atoms with van der Waals surface area (Å²) in [5.41, 5.74) is 0.138. The number of carbonyl (C=O) groups is 1. The van der Waals surface area contributed by atoms with Crippen molar-refractivity contribution in [2.45, 2.75) is 0 Å². The van der Waals surface area contributed by atoms with Gasteiger partial charge in [-0.25, -0.2) is 4.39 Å². The molecule has 0 unspecified atom stereocenters. The maximum Gasteiger partial charge on any atom is 0.262 e. The van der Waals surface area contributed by atoms with Crippen LogP contribution in [0.25, 0.3) is 10.8 Å². The number of rotatable bonds is 4. The molecule has 3 aromatic carbocycles. The van der Waals surface area contributed by atoms with E-state index in [4.69, 9.17) is 4.74 Å². The summed E-state index contributed by atoms with van der Waals surface area (Å²) in [5, 5.41) is 4.55. The second-order valence-electron chi connectivity index (χ2n) is 4.92. The molecule has 0 bridgehead atoms. The van der Waals surface area contributed by atoms with Crippen LogP contribution in [0.4, 0.5) is 10.1 Å². The smallest absolute Gasteiger partial charge is 0.262 e. The molecule has 1 N–H and O–H groups in total. The number of hydrogen-bond donors (Lipinski definition) is 1. The van der Waals surface area contributed by atoms with Gasteiger partial charge in [-0.2, -0.15) is 0 Å². The number of carbonyl (C=O) groups excluding carboxylic acids is 1. The molecular weight excluding hydrogens is 361 g/mol. The predicted molar refractivity (Wildman–Crippen MR) is 92.2 cm³/mol. The van der Waals surface area contributed by atoms with Gasteiger partial charge in [0.2, 0.25) is 0 Å². The largest absolute Gasteiger partial charge is 0.483 e. The van der Waals surface area contributed by atoms with E-state index in [0.29, 0.717) is 5.75 Å². The highest BCUT2D eigenvalue weighted by atomic mass is 79.9. The summed E-state index contributed by atoms with van der Waals surface area (Å²) in [7, 11) is 0. The van der Waals surface area contributed by atoms with Crippen LogP contribution in [-0.4, -0.2) is 12.5 Å². The zero-order chi connectivity index (χ0) is 16.2. The van der Waals surface area contributed by atoms with Gasteiger partial charge in [-0.05, 0) is 44.9 Å². The number of ether oxygens (including phenoxy) is 1. The van der Waals surface area contributed by atoms with Crippen molar-refractivity contribution in [1.82, 2.24) is 0 Å². The third kappa shape index (κ3) is 3.51. The lowest BCUT2D eigenvalue weighted by molar-refractivity contribution is -0.118. The number of para-hydroxylation sites is 1. The Kier molecular flexibility index (Phi) is 4.57. The minimum atomic E-state index is -0.479. The molecule has 0 radical (unpaired) electrons. The molecule has 1 amide bonds. The van der Waals surface area contributed by atoms with E-state index in [1.165, 1.54) is 12.1 Å². The molecule has 0 fully saturated rings. The Morgan fingerprint density at radius 1 is 1.04 bits per heavy atom. The van der Waals surface area contributed by atoms with Crippen LogP contribution in [0.5, 0.6) is 5.75 Å². The first-order valence-corrected chi connectivity index (χ1v) is 7.79. The van der Waals surface area contributed by atoms with Crippen LogP contribution < -0.4 is 10.1 Å². The van der Waals surface area contributed by atoms with Crippen molar-refractivity contribution in [2.75, 3.05) is 11.9 Å². The maximum absolute atomic E-state index is 13.5. The minimum Gasteiger partial charge on any atom is -0.483 e. The van der Waals surface area contributed by atoms with E-state index >= 15 is 0 Å². The molecule has 3 rings (SSSR count). The van der Waals surface area contributed by atoms with Crippen LogP contribution in [0.3, 0.4) is 0 Å². The van der Waals surface area contributed by atoms with Crippen LogP contribution in [0.1, 0.15) is 0 Å². The van der Waals surface area contributed by atoms with Crippen molar-refractivity contribution in [1.29, 1.82) is 0 Å². The van der Waals surface area contributed by atoms with Crippen molar-refractivity contribution in [3.63, 3.8) is 0 Å². The maximum atomic E-state index is 13.5. The highest BCUT2D eigenvalue weighted by molar-refractivity contribution is 9.10. The fourth-order valence-electron chi connectivity index (χ4n) is 2.22. The Balaban J connectivity index is 1.70. The Hall–Kier alpha value is -2.40. The average molecular weight is 374 g/mol. The van der Waals surface area contributed by atoms with Crippen molar-refractivity contribution in [3.05, 3.63) is 71.0 Å². The Bertz CT molecular complexity index is 867. The second-order valence-corrected chi connectivity index (χ2v) is 5.71. The molecule has 0 aliphatic carbocycles. The number of nitrogens with one attached hydrogen (secondary N) is 1. The molecule has 3 aromatic rings. The van der Waals surface area contributed by atoms with Crippen LogP contribution in [0.2, 0.25) is 0 Å². The molecule has 0 heterocycles. The van der Waals surface area contributed by atoms with Gasteiger partial charge in [-0.3, -0.25) is 4.79 Å². The lowest BCUT2D eigenvalue weighted by atomic mass is 10.1. The summed E-state index contributed by atoms with van der Waals surface area (Å²) in [6.45, 7) is -0.203. The average Bonchev–Trinajstić information content (AvgIpc) is 2.57. The normalized spacial score (nSPS) is 10.5. The van der Waals surface area contributed by atoms with Crippen molar-refractivity contribution in [3.8, 4) is 5.75 Å². The Morgan fingerprint density at radius 3 is 2.61 bits per heavy atom. The molecule has 116 valence electrons. The summed E-state index contributed by atoms with van der Waals surface area (Å²) >= 11 is 3.49. The molecular formula is C18H13BrFNO2. The lowest BCUT2D eigenvalue weighted by Crippen LogP contribution is -2.20. The molecule has 0 aliphatic rings. The summed E-state index contributed by atoms with van der Waals surface area (Å²) in [6, 6.07) is 17.6. The molecule has 3 nitrogen and oxygen atoms in total. The fourth-order valence-corrected chi connectivity index (χ4v) is 2.82. The van der Waals surface area contributed by atoms with Gasteiger partial charge in [0.05, 0.1) is 10.2 Å². The molecule has 23 heavy (non-hydrogen) atoms. The van der Waals surface area contributed by atoms with E-state index in [-0.39, 0.29) is 12.3 Å². The number of anilines is 1. The summed E-state index contributed by atoms with van der Waals surface area (Å²) < 4.78 is 19.8. The van der Waals surface area contributed by atoms with Crippen molar-refractivity contribution >= 4 is 38.3 Å². The standard InChI is InChI=1S/C18H13BrFNO2/c19-18-13-6-2-1-5-12(13)9-10-16(18)23-11-17(22)21-15-8-4-3-7-14(15)20/h1-10H,11H2,(H,21,22). The molecule has 5 heteroatoms. The quantitative estimate of drug-likeness (QED) is 0.715. The first-order valence-electron chi connectivity index (χ1n) is 6.99. The van der Waals surface area contributed by atoms with E-state index in [2.05, 4.69) is 21.2 Å². The van der Waals surface area contributed by atoms with E-state index < -0.39 is 11.7 Å². The van der Waals surface area contributed by atoms with E-state index in [9.17, 15) is 9.18 Å². The van der Waals surface area contributed by atoms with Crippen LogP contribution >= 0.6 is 15.9 Å². The number of fused-ring (bicyclic) bond motifs is 1.